The van der Waals surface area contributed by atoms with Crippen LogP contribution in [0.4, 0.5) is 5.13 Å². The van der Waals surface area contributed by atoms with E-state index in [4.69, 9.17) is 19.2 Å². The average molecular weight is 557 g/mol. The monoisotopic (exact) mass is 556 g/mol. The predicted molar refractivity (Wildman–Crippen MR) is 153 cm³/mol. The van der Waals surface area contributed by atoms with E-state index in [1.807, 2.05) is 57.2 Å². The highest BCUT2D eigenvalue weighted by atomic mass is 32.1. The summed E-state index contributed by atoms with van der Waals surface area (Å²) in [7, 11) is 0. The standard InChI is InChI=1S/C31H28N2O6S/c1-4-37-21-8-6-7-18(15-21)27-26(28(34)19-9-12-24-20(14-19)13-17(3)39-24)29(35)30(36)33(27)31-32-23-11-10-22(38-5-2)16-25(23)40-31/h6-12,14-17,27,34H,4-5,13H2,1-3H3/b28-26+/t17-,27-/m1/s1. The second kappa shape index (κ2) is 10.3. The van der Waals surface area contributed by atoms with Crippen LogP contribution in [0, 0.1) is 0 Å². The lowest BCUT2D eigenvalue weighted by Crippen LogP contribution is -2.29. The molecule has 0 unspecified atom stereocenters. The highest BCUT2D eigenvalue weighted by Gasteiger charge is 2.48. The fourth-order valence-electron chi connectivity index (χ4n) is 5.26. The molecule has 204 valence electrons. The van der Waals surface area contributed by atoms with Crippen LogP contribution in [0.1, 0.15) is 43.5 Å². The van der Waals surface area contributed by atoms with Crippen molar-refractivity contribution in [3.63, 3.8) is 0 Å². The van der Waals surface area contributed by atoms with E-state index in [0.29, 0.717) is 52.9 Å². The van der Waals surface area contributed by atoms with Crippen molar-refractivity contribution in [3.05, 3.63) is 82.9 Å². The van der Waals surface area contributed by atoms with E-state index in [0.717, 1.165) is 16.0 Å². The summed E-state index contributed by atoms with van der Waals surface area (Å²) < 4.78 is 18.0. The lowest BCUT2D eigenvalue weighted by molar-refractivity contribution is -0.132. The Morgan fingerprint density at radius 1 is 1.05 bits per heavy atom. The Bertz CT molecular complexity index is 1680. The van der Waals surface area contributed by atoms with Crippen molar-refractivity contribution >= 4 is 44.1 Å². The van der Waals surface area contributed by atoms with Gasteiger partial charge in [-0.1, -0.05) is 23.5 Å². The topological polar surface area (TPSA) is 98.2 Å². The summed E-state index contributed by atoms with van der Waals surface area (Å²) in [5.41, 5.74) is 2.70. The number of anilines is 1. The summed E-state index contributed by atoms with van der Waals surface area (Å²) in [4.78, 5) is 33.4. The van der Waals surface area contributed by atoms with Crippen LogP contribution >= 0.6 is 11.3 Å². The molecule has 0 radical (unpaired) electrons. The number of fused-ring (bicyclic) bond motifs is 2. The lowest BCUT2D eigenvalue weighted by Gasteiger charge is -2.23. The Labute approximate surface area is 235 Å². The molecule has 2 aliphatic rings. The molecule has 1 amide bonds. The quantitative estimate of drug-likeness (QED) is 0.168. The number of aliphatic hydroxyl groups excluding tert-OH is 1. The number of nitrogens with zero attached hydrogens (tertiary/aromatic N) is 2. The van der Waals surface area contributed by atoms with Crippen LogP contribution in [-0.4, -0.2) is 41.1 Å². The Kier molecular flexibility index (Phi) is 6.67. The number of hydrogen-bond donors (Lipinski definition) is 1. The van der Waals surface area contributed by atoms with Gasteiger partial charge in [0, 0.05) is 12.0 Å². The third-order valence-electron chi connectivity index (χ3n) is 6.96. The third-order valence-corrected chi connectivity index (χ3v) is 7.98. The molecule has 0 spiro atoms. The molecule has 1 aromatic heterocycles. The number of aliphatic hydroxyl groups is 1. The number of aromatic nitrogens is 1. The molecule has 1 fully saturated rings. The largest absolute Gasteiger partial charge is 0.507 e. The minimum Gasteiger partial charge on any atom is -0.507 e. The smallest absolute Gasteiger partial charge is 0.301 e. The molecule has 8 nitrogen and oxygen atoms in total. The number of hydrogen-bond acceptors (Lipinski definition) is 8. The minimum absolute atomic E-state index is 0.000163. The zero-order chi connectivity index (χ0) is 28.0. The number of ether oxygens (including phenoxy) is 3. The van der Waals surface area contributed by atoms with Crippen molar-refractivity contribution in [2.24, 2.45) is 0 Å². The highest BCUT2D eigenvalue weighted by molar-refractivity contribution is 7.22. The number of benzene rings is 3. The number of carbonyl (C=O) groups excluding carboxylic acids is 2. The van der Waals surface area contributed by atoms with E-state index in [9.17, 15) is 14.7 Å². The van der Waals surface area contributed by atoms with Gasteiger partial charge in [-0.3, -0.25) is 14.5 Å². The first kappa shape index (κ1) is 25.9. The molecule has 0 bridgehead atoms. The average Bonchev–Trinajstić information content (AvgIpc) is 3.61. The van der Waals surface area contributed by atoms with Crippen molar-refractivity contribution < 1.29 is 28.9 Å². The van der Waals surface area contributed by atoms with E-state index in [2.05, 4.69) is 0 Å². The molecule has 1 N–H and O–H groups in total. The highest BCUT2D eigenvalue weighted by Crippen LogP contribution is 2.45. The second-order valence-corrected chi connectivity index (χ2v) is 10.7. The van der Waals surface area contributed by atoms with Crippen molar-refractivity contribution in [3.8, 4) is 17.2 Å². The Morgan fingerprint density at radius 2 is 1.82 bits per heavy atom. The molecule has 6 rings (SSSR count). The summed E-state index contributed by atoms with van der Waals surface area (Å²) in [5, 5.41) is 11.9. The van der Waals surface area contributed by atoms with Gasteiger partial charge in [-0.15, -0.1) is 0 Å². The summed E-state index contributed by atoms with van der Waals surface area (Å²) in [6.45, 7) is 6.75. The number of ketones is 1. The van der Waals surface area contributed by atoms with Gasteiger partial charge in [0.25, 0.3) is 5.78 Å². The van der Waals surface area contributed by atoms with Gasteiger partial charge in [-0.05, 0) is 80.4 Å². The SMILES string of the molecule is CCOc1cccc([C@@H]2/C(=C(\O)c3ccc4c(c3)C[C@@H](C)O4)C(=O)C(=O)N2c2nc3ccc(OCC)cc3s2)c1. The number of Topliss-reactive ketones (excluding diaryl/α,β-unsaturated/α-hetero) is 1. The normalized spacial score (nSPS) is 19.6. The van der Waals surface area contributed by atoms with E-state index < -0.39 is 17.7 Å². The zero-order valence-electron chi connectivity index (χ0n) is 22.3. The van der Waals surface area contributed by atoms with Crippen LogP contribution < -0.4 is 19.1 Å². The molecule has 3 heterocycles. The van der Waals surface area contributed by atoms with Gasteiger partial charge in [0.2, 0.25) is 0 Å². The first-order valence-corrected chi connectivity index (χ1v) is 14.1. The van der Waals surface area contributed by atoms with Crippen LogP contribution in [0.2, 0.25) is 0 Å². The van der Waals surface area contributed by atoms with Gasteiger partial charge >= 0.3 is 5.91 Å². The number of amides is 1. The number of thiazole rings is 1. The van der Waals surface area contributed by atoms with Gasteiger partial charge in [-0.2, -0.15) is 0 Å². The van der Waals surface area contributed by atoms with Crippen molar-refractivity contribution in [2.45, 2.75) is 39.3 Å². The van der Waals surface area contributed by atoms with Gasteiger partial charge in [0.1, 0.15) is 29.1 Å². The van der Waals surface area contributed by atoms with Crippen LogP contribution in [0.5, 0.6) is 17.2 Å². The maximum atomic E-state index is 13.6. The van der Waals surface area contributed by atoms with Gasteiger partial charge in [0.15, 0.2) is 5.13 Å². The molecule has 40 heavy (non-hydrogen) atoms. The predicted octanol–water partition coefficient (Wildman–Crippen LogP) is 6.04. The molecule has 3 aromatic carbocycles. The zero-order valence-corrected chi connectivity index (χ0v) is 23.2. The molecule has 0 saturated carbocycles. The molecular formula is C31H28N2O6S. The molecular weight excluding hydrogens is 528 g/mol. The van der Waals surface area contributed by atoms with E-state index in [1.165, 1.54) is 16.2 Å². The molecule has 9 heteroatoms. The van der Waals surface area contributed by atoms with Crippen LogP contribution in [-0.2, 0) is 16.0 Å². The number of rotatable bonds is 7. The third kappa shape index (κ3) is 4.46. The summed E-state index contributed by atoms with van der Waals surface area (Å²) in [6, 6.07) is 17.2. The van der Waals surface area contributed by atoms with Gasteiger partial charge in [0.05, 0.1) is 35.0 Å². The second-order valence-electron chi connectivity index (χ2n) is 9.69. The van der Waals surface area contributed by atoms with Crippen LogP contribution in [0.15, 0.2) is 66.2 Å². The summed E-state index contributed by atoms with van der Waals surface area (Å²) >= 11 is 1.29. The first-order valence-electron chi connectivity index (χ1n) is 13.2. The Morgan fingerprint density at radius 3 is 2.60 bits per heavy atom. The lowest BCUT2D eigenvalue weighted by atomic mass is 9.94. The van der Waals surface area contributed by atoms with Crippen molar-refractivity contribution in [1.82, 2.24) is 4.98 Å². The fourth-order valence-corrected chi connectivity index (χ4v) is 6.28. The van der Waals surface area contributed by atoms with E-state index >= 15 is 0 Å². The van der Waals surface area contributed by atoms with E-state index in [-0.39, 0.29) is 17.4 Å². The number of carbonyl (C=O) groups is 2. The van der Waals surface area contributed by atoms with Gasteiger partial charge < -0.3 is 19.3 Å². The Hall–Kier alpha value is -4.37. The van der Waals surface area contributed by atoms with Gasteiger partial charge in [-0.25, -0.2) is 4.98 Å². The maximum Gasteiger partial charge on any atom is 0.301 e. The van der Waals surface area contributed by atoms with Crippen LogP contribution in [0.25, 0.3) is 16.0 Å². The molecule has 0 aliphatic carbocycles. The summed E-state index contributed by atoms with van der Waals surface area (Å²) in [6.07, 6.45) is 0.724. The van der Waals surface area contributed by atoms with E-state index in [1.54, 1.807) is 24.3 Å². The Balaban J connectivity index is 1.51. The minimum atomic E-state index is -0.907. The maximum absolute atomic E-state index is 13.6. The van der Waals surface area contributed by atoms with Crippen molar-refractivity contribution in [1.29, 1.82) is 0 Å². The molecule has 4 aromatic rings. The fraction of sp³-hybridized carbons (Fsp3) is 0.258. The summed E-state index contributed by atoms with van der Waals surface area (Å²) in [5.74, 6) is 0.281. The first-order chi connectivity index (χ1) is 19.4. The molecule has 2 aliphatic heterocycles. The molecule has 1 saturated heterocycles. The van der Waals surface area contributed by atoms with Crippen molar-refractivity contribution in [2.75, 3.05) is 18.1 Å². The molecule has 2 atom stereocenters. The van der Waals surface area contributed by atoms with Crippen LogP contribution in [0.3, 0.4) is 0 Å².